The predicted molar refractivity (Wildman–Crippen MR) is 79.4 cm³/mol. The van der Waals surface area contributed by atoms with Gasteiger partial charge in [0.15, 0.2) is 9.84 Å². The molecule has 0 radical (unpaired) electrons. The molecule has 2 nitrogen and oxygen atoms in total. The Balaban J connectivity index is 2.30. The van der Waals surface area contributed by atoms with Crippen molar-refractivity contribution in [3.05, 3.63) is 51.7 Å². The number of thiophene rings is 1. The maximum absolute atomic E-state index is 11.4. The van der Waals surface area contributed by atoms with Crippen LogP contribution in [0.3, 0.4) is 0 Å². The number of sulfone groups is 1. The molecule has 0 aliphatic carbocycles. The standard InChI is InChI=1S/C13H13BrO2S2/c1-9-3-8-12(17-9)13(14)10-4-6-11(7-5-10)18(2,15)16/h3-8,13H,1-2H3. The van der Waals surface area contributed by atoms with E-state index in [0.717, 1.165) is 5.56 Å². The van der Waals surface area contributed by atoms with E-state index in [9.17, 15) is 8.42 Å². The third-order valence-electron chi connectivity index (χ3n) is 2.61. The van der Waals surface area contributed by atoms with E-state index in [1.807, 2.05) is 12.1 Å². The van der Waals surface area contributed by atoms with Gasteiger partial charge in [-0.2, -0.15) is 0 Å². The molecule has 0 aliphatic rings. The summed E-state index contributed by atoms with van der Waals surface area (Å²) in [6, 6.07) is 11.2. The Kier molecular flexibility index (Phi) is 3.94. The van der Waals surface area contributed by atoms with E-state index in [-0.39, 0.29) is 4.83 Å². The Morgan fingerprint density at radius 3 is 2.17 bits per heavy atom. The highest BCUT2D eigenvalue weighted by Crippen LogP contribution is 2.35. The lowest BCUT2D eigenvalue weighted by Gasteiger charge is -2.08. The summed E-state index contributed by atoms with van der Waals surface area (Å²) in [4.78, 5) is 2.96. The van der Waals surface area contributed by atoms with Crippen LogP contribution in [0.4, 0.5) is 0 Å². The second-order valence-corrected chi connectivity index (χ2v) is 8.40. The molecule has 1 unspecified atom stereocenters. The van der Waals surface area contributed by atoms with Crippen molar-refractivity contribution in [1.29, 1.82) is 0 Å². The molecule has 2 rings (SSSR count). The normalized spacial score (nSPS) is 13.5. The second kappa shape index (κ2) is 5.15. The molecule has 96 valence electrons. The van der Waals surface area contributed by atoms with Crippen LogP contribution in [0.25, 0.3) is 0 Å². The molecule has 0 N–H and O–H groups in total. The number of halogens is 1. The van der Waals surface area contributed by atoms with E-state index in [4.69, 9.17) is 0 Å². The quantitative estimate of drug-likeness (QED) is 0.790. The number of aryl methyl sites for hydroxylation is 1. The van der Waals surface area contributed by atoms with Gasteiger partial charge in [0.1, 0.15) is 0 Å². The van der Waals surface area contributed by atoms with Crippen LogP contribution in [0.1, 0.15) is 20.1 Å². The van der Waals surface area contributed by atoms with Crippen LogP contribution in [-0.4, -0.2) is 14.7 Å². The summed E-state index contributed by atoms with van der Waals surface area (Å²) in [5.74, 6) is 0. The van der Waals surface area contributed by atoms with Gasteiger partial charge in [-0.1, -0.05) is 28.1 Å². The highest BCUT2D eigenvalue weighted by atomic mass is 79.9. The van der Waals surface area contributed by atoms with Crippen molar-refractivity contribution < 1.29 is 8.42 Å². The molecule has 1 heterocycles. The fourth-order valence-corrected chi connectivity index (χ4v) is 3.89. The highest BCUT2D eigenvalue weighted by molar-refractivity contribution is 9.09. The fourth-order valence-electron chi connectivity index (χ4n) is 1.64. The van der Waals surface area contributed by atoms with Crippen molar-refractivity contribution in [3.8, 4) is 0 Å². The van der Waals surface area contributed by atoms with Crippen molar-refractivity contribution in [1.82, 2.24) is 0 Å². The lowest BCUT2D eigenvalue weighted by Crippen LogP contribution is -1.97. The number of alkyl halides is 1. The van der Waals surface area contributed by atoms with Crippen molar-refractivity contribution in [2.45, 2.75) is 16.6 Å². The van der Waals surface area contributed by atoms with Crippen LogP contribution in [0, 0.1) is 6.92 Å². The van der Waals surface area contributed by atoms with E-state index in [0.29, 0.717) is 4.90 Å². The first-order chi connectivity index (χ1) is 8.38. The minimum absolute atomic E-state index is 0.116. The van der Waals surface area contributed by atoms with E-state index in [1.54, 1.807) is 23.5 Å². The predicted octanol–water partition coefficient (Wildman–Crippen LogP) is 3.94. The Labute approximate surface area is 120 Å². The van der Waals surface area contributed by atoms with Crippen molar-refractivity contribution in [2.24, 2.45) is 0 Å². The van der Waals surface area contributed by atoms with E-state index >= 15 is 0 Å². The van der Waals surface area contributed by atoms with Crippen molar-refractivity contribution in [3.63, 3.8) is 0 Å². The Bertz CT molecular complexity index is 642. The van der Waals surface area contributed by atoms with Gasteiger partial charge in [-0.05, 0) is 36.8 Å². The molecule has 0 spiro atoms. The van der Waals surface area contributed by atoms with Gasteiger partial charge in [0.05, 0.1) is 9.72 Å². The smallest absolute Gasteiger partial charge is 0.175 e. The van der Waals surface area contributed by atoms with E-state index in [1.165, 1.54) is 16.0 Å². The van der Waals surface area contributed by atoms with Crippen LogP contribution in [0.5, 0.6) is 0 Å². The average molecular weight is 345 g/mol. The summed E-state index contributed by atoms with van der Waals surface area (Å²) in [5, 5.41) is 0. The largest absolute Gasteiger partial charge is 0.224 e. The molecule has 0 amide bonds. The minimum Gasteiger partial charge on any atom is -0.224 e. The molecular weight excluding hydrogens is 332 g/mol. The summed E-state index contributed by atoms with van der Waals surface area (Å²) in [7, 11) is -3.12. The Morgan fingerprint density at radius 1 is 1.11 bits per heavy atom. The van der Waals surface area contributed by atoms with Gasteiger partial charge in [-0.25, -0.2) is 8.42 Å². The average Bonchev–Trinajstić information content (AvgIpc) is 2.74. The number of hydrogen-bond acceptors (Lipinski definition) is 3. The van der Waals surface area contributed by atoms with Crippen LogP contribution in [0.15, 0.2) is 41.3 Å². The summed E-state index contributed by atoms with van der Waals surface area (Å²) in [6.07, 6.45) is 1.22. The first kappa shape index (κ1) is 13.8. The molecule has 5 heteroatoms. The van der Waals surface area contributed by atoms with Crippen molar-refractivity contribution in [2.75, 3.05) is 6.26 Å². The molecule has 2 aromatic rings. The molecule has 1 aromatic heterocycles. The van der Waals surface area contributed by atoms with Crippen LogP contribution in [-0.2, 0) is 9.84 Å². The number of benzene rings is 1. The first-order valence-electron chi connectivity index (χ1n) is 5.38. The molecule has 0 fully saturated rings. The molecule has 1 aromatic carbocycles. The van der Waals surface area contributed by atoms with Crippen molar-refractivity contribution >= 4 is 37.1 Å². The summed E-state index contributed by atoms with van der Waals surface area (Å²) < 4.78 is 22.8. The summed E-state index contributed by atoms with van der Waals surface area (Å²) in [6.45, 7) is 2.07. The van der Waals surface area contributed by atoms with Gasteiger partial charge in [0, 0.05) is 16.0 Å². The van der Waals surface area contributed by atoms with Gasteiger partial charge in [-0.15, -0.1) is 11.3 Å². The third kappa shape index (κ3) is 3.02. The molecule has 1 atom stereocenters. The first-order valence-corrected chi connectivity index (χ1v) is 9.01. The Hall–Kier alpha value is -0.650. The molecular formula is C13H13BrO2S2. The van der Waals surface area contributed by atoms with Crippen LogP contribution in [0.2, 0.25) is 0 Å². The van der Waals surface area contributed by atoms with Crippen LogP contribution < -0.4 is 0 Å². The second-order valence-electron chi connectivity index (χ2n) is 4.15. The molecule has 0 bridgehead atoms. The fraction of sp³-hybridized carbons (Fsp3) is 0.231. The lowest BCUT2D eigenvalue weighted by atomic mass is 10.1. The SMILES string of the molecule is Cc1ccc(C(Br)c2ccc(S(C)(=O)=O)cc2)s1. The zero-order chi connectivity index (χ0) is 13.3. The lowest BCUT2D eigenvalue weighted by molar-refractivity contribution is 0.602. The highest BCUT2D eigenvalue weighted by Gasteiger charge is 2.13. The maximum atomic E-state index is 11.4. The van der Waals surface area contributed by atoms with E-state index in [2.05, 4.69) is 35.0 Å². The summed E-state index contributed by atoms with van der Waals surface area (Å²) >= 11 is 5.38. The minimum atomic E-state index is -3.12. The molecule has 18 heavy (non-hydrogen) atoms. The third-order valence-corrected chi connectivity index (χ3v) is 6.13. The molecule has 0 saturated carbocycles. The zero-order valence-electron chi connectivity index (χ0n) is 10.1. The van der Waals surface area contributed by atoms with Gasteiger partial charge < -0.3 is 0 Å². The summed E-state index contributed by atoms with van der Waals surface area (Å²) in [5.41, 5.74) is 1.06. The Morgan fingerprint density at radius 2 is 1.72 bits per heavy atom. The molecule has 0 saturated heterocycles. The van der Waals surface area contributed by atoms with Gasteiger partial charge >= 0.3 is 0 Å². The van der Waals surface area contributed by atoms with Crippen LogP contribution >= 0.6 is 27.3 Å². The maximum Gasteiger partial charge on any atom is 0.175 e. The van der Waals surface area contributed by atoms with Gasteiger partial charge in [0.2, 0.25) is 0 Å². The van der Waals surface area contributed by atoms with Gasteiger partial charge in [0.25, 0.3) is 0 Å². The van der Waals surface area contributed by atoms with Gasteiger partial charge in [-0.3, -0.25) is 0 Å². The number of rotatable bonds is 3. The monoisotopic (exact) mass is 344 g/mol. The zero-order valence-corrected chi connectivity index (χ0v) is 13.3. The van der Waals surface area contributed by atoms with E-state index < -0.39 is 9.84 Å². The number of hydrogen-bond donors (Lipinski definition) is 0. The molecule has 0 aliphatic heterocycles. The topological polar surface area (TPSA) is 34.1 Å².